The van der Waals surface area contributed by atoms with E-state index in [0.717, 1.165) is 36.1 Å². The van der Waals surface area contributed by atoms with Crippen LogP contribution in [0.2, 0.25) is 0 Å². The van der Waals surface area contributed by atoms with Crippen LogP contribution in [-0.2, 0) is 16.1 Å². The Hall–Kier alpha value is -2.04. The molecule has 1 heterocycles. The highest BCUT2D eigenvalue weighted by Crippen LogP contribution is 2.41. The molecule has 1 aliphatic carbocycles. The minimum absolute atomic E-state index is 0.204. The lowest BCUT2D eigenvalue weighted by molar-refractivity contribution is -0.144. The molecule has 0 saturated heterocycles. The van der Waals surface area contributed by atoms with Gasteiger partial charge in [-0.3, -0.25) is 4.79 Å². The van der Waals surface area contributed by atoms with E-state index in [1.807, 2.05) is 22.8 Å². The van der Waals surface area contributed by atoms with Crippen LogP contribution in [0.1, 0.15) is 44.9 Å². The molecule has 1 aromatic carbocycles. The number of esters is 1. The van der Waals surface area contributed by atoms with E-state index >= 15 is 0 Å². The summed E-state index contributed by atoms with van der Waals surface area (Å²) in [6.45, 7) is 4.92. The van der Waals surface area contributed by atoms with Gasteiger partial charge >= 0.3 is 5.97 Å². The molecule has 5 nitrogen and oxygen atoms in total. The average Bonchev–Trinajstić information content (AvgIpc) is 3.23. The summed E-state index contributed by atoms with van der Waals surface area (Å²) in [6, 6.07) is 5.71. The van der Waals surface area contributed by atoms with Gasteiger partial charge in [0.1, 0.15) is 17.9 Å². The first-order valence-electron chi connectivity index (χ1n) is 7.96. The number of hydrogen-bond donors (Lipinski definition) is 1. The summed E-state index contributed by atoms with van der Waals surface area (Å²) in [5.41, 5.74) is 8.38. The summed E-state index contributed by atoms with van der Waals surface area (Å²) in [5, 5.41) is 0. The molecular formula is C17H23N3O2. The number of fused-ring (bicyclic) bond motifs is 1. The van der Waals surface area contributed by atoms with E-state index in [1.54, 1.807) is 0 Å². The molecule has 2 N–H and O–H groups in total. The van der Waals surface area contributed by atoms with Gasteiger partial charge in [0.25, 0.3) is 0 Å². The van der Waals surface area contributed by atoms with Crippen molar-refractivity contribution in [3.63, 3.8) is 0 Å². The first-order valence-corrected chi connectivity index (χ1v) is 7.96. The normalized spacial score (nSPS) is 14.7. The van der Waals surface area contributed by atoms with E-state index in [2.05, 4.69) is 18.8 Å². The highest BCUT2D eigenvalue weighted by Gasteiger charge is 2.30. The molecule has 1 fully saturated rings. The average molecular weight is 301 g/mol. The predicted octanol–water partition coefficient (Wildman–Crippen LogP) is 3.09. The van der Waals surface area contributed by atoms with Gasteiger partial charge in [-0.05, 0) is 37.3 Å². The van der Waals surface area contributed by atoms with Gasteiger partial charge in [0, 0.05) is 5.92 Å². The van der Waals surface area contributed by atoms with Crippen LogP contribution in [0.4, 0.5) is 5.69 Å². The maximum atomic E-state index is 12.1. The Morgan fingerprint density at radius 3 is 2.91 bits per heavy atom. The smallest absolute Gasteiger partial charge is 0.326 e. The SMILES string of the molecule is CC(C)CCOC(=O)Cn1c(C2CC2)nc2c(N)cccc21. The van der Waals surface area contributed by atoms with Gasteiger partial charge in [-0.1, -0.05) is 19.9 Å². The Balaban J connectivity index is 1.81. The molecule has 0 bridgehead atoms. The summed E-state index contributed by atoms with van der Waals surface area (Å²) < 4.78 is 7.31. The molecule has 0 unspecified atom stereocenters. The first-order chi connectivity index (χ1) is 10.6. The minimum Gasteiger partial charge on any atom is -0.464 e. The van der Waals surface area contributed by atoms with Crippen molar-refractivity contribution in [1.82, 2.24) is 9.55 Å². The van der Waals surface area contributed by atoms with Gasteiger partial charge in [0.15, 0.2) is 0 Å². The molecule has 0 radical (unpaired) electrons. The number of nitrogen functional groups attached to an aromatic ring is 1. The van der Waals surface area contributed by atoms with Gasteiger partial charge in [0.05, 0.1) is 17.8 Å². The number of ether oxygens (including phenoxy) is 1. The summed E-state index contributed by atoms with van der Waals surface area (Å²) >= 11 is 0. The zero-order chi connectivity index (χ0) is 15.7. The van der Waals surface area contributed by atoms with E-state index in [9.17, 15) is 4.79 Å². The number of benzene rings is 1. The third-order valence-corrected chi connectivity index (χ3v) is 4.03. The van der Waals surface area contributed by atoms with E-state index in [-0.39, 0.29) is 12.5 Å². The molecule has 22 heavy (non-hydrogen) atoms. The minimum atomic E-state index is -0.204. The van der Waals surface area contributed by atoms with Crippen LogP contribution in [0.5, 0.6) is 0 Å². The molecule has 0 atom stereocenters. The number of nitrogens with two attached hydrogens (primary N) is 1. The lowest BCUT2D eigenvalue weighted by Crippen LogP contribution is -2.16. The fourth-order valence-electron chi connectivity index (χ4n) is 2.59. The molecule has 0 spiro atoms. The molecule has 1 saturated carbocycles. The number of rotatable bonds is 6. The monoisotopic (exact) mass is 301 g/mol. The molecule has 0 aliphatic heterocycles. The molecule has 3 rings (SSSR count). The van der Waals surface area contributed by atoms with Crippen LogP contribution in [0.15, 0.2) is 18.2 Å². The van der Waals surface area contributed by atoms with E-state index in [0.29, 0.717) is 24.1 Å². The predicted molar refractivity (Wildman–Crippen MR) is 86.5 cm³/mol. The summed E-state index contributed by atoms with van der Waals surface area (Å²) in [6.07, 6.45) is 3.15. The summed E-state index contributed by atoms with van der Waals surface area (Å²) in [7, 11) is 0. The number of anilines is 1. The van der Waals surface area contributed by atoms with Crippen molar-refractivity contribution in [3.8, 4) is 0 Å². The Morgan fingerprint density at radius 1 is 1.45 bits per heavy atom. The second kappa shape index (κ2) is 5.99. The van der Waals surface area contributed by atoms with Gasteiger partial charge in [-0.15, -0.1) is 0 Å². The number of imidazole rings is 1. The number of para-hydroxylation sites is 1. The Kier molecular flexibility index (Phi) is 4.05. The van der Waals surface area contributed by atoms with Crippen LogP contribution in [0, 0.1) is 5.92 Å². The lowest BCUT2D eigenvalue weighted by atomic mass is 10.1. The molecule has 1 aromatic heterocycles. The number of hydrogen-bond acceptors (Lipinski definition) is 4. The molecule has 118 valence electrons. The highest BCUT2D eigenvalue weighted by atomic mass is 16.5. The zero-order valence-corrected chi connectivity index (χ0v) is 13.2. The Bertz CT molecular complexity index is 687. The third kappa shape index (κ3) is 3.08. The molecule has 5 heteroatoms. The third-order valence-electron chi connectivity index (χ3n) is 4.03. The molecule has 1 aliphatic rings. The van der Waals surface area contributed by atoms with E-state index in [1.165, 1.54) is 0 Å². The molecule has 0 amide bonds. The fourth-order valence-corrected chi connectivity index (χ4v) is 2.59. The quantitative estimate of drug-likeness (QED) is 0.657. The van der Waals surface area contributed by atoms with Crippen LogP contribution in [-0.4, -0.2) is 22.1 Å². The van der Waals surface area contributed by atoms with Crippen molar-refractivity contribution < 1.29 is 9.53 Å². The summed E-state index contributed by atoms with van der Waals surface area (Å²) in [5.74, 6) is 1.75. The Morgan fingerprint density at radius 2 is 2.23 bits per heavy atom. The number of carbonyl (C=O) groups is 1. The second-order valence-electron chi connectivity index (χ2n) is 6.45. The van der Waals surface area contributed by atoms with Crippen LogP contribution < -0.4 is 5.73 Å². The fraction of sp³-hybridized carbons (Fsp3) is 0.529. The number of nitrogens with zero attached hydrogens (tertiary/aromatic N) is 2. The standard InChI is InChI=1S/C17H23N3O2/c1-11(2)8-9-22-15(21)10-20-14-5-3-4-13(18)16(14)19-17(20)12-6-7-12/h3-5,11-12H,6-10,18H2,1-2H3. The van der Waals surface area contributed by atoms with Crippen molar-refractivity contribution in [1.29, 1.82) is 0 Å². The van der Waals surface area contributed by atoms with E-state index in [4.69, 9.17) is 10.5 Å². The van der Waals surface area contributed by atoms with Gasteiger partial charge in [-0.2, -0.15) is 0 Å². The molecular weight excluding hydrogens is 278 g/mol. The lowest BCUT2D eigenvalue weighted by Gasteiger charge is -2.10. The van der Waals surface area contributed by atoms with Gasteiger partial charge in [0.2, 0.25) is 0 Å². The maximum Gasteiger partial charge on any atom is 0.326 e. The Labute approximate surface area is 130 Å². The largest absolute Gasteiger partial charge is 0.464 e. The van der Waals surface area contributed by atoms with Crippen LogP contribution in [0.25, 0.3) is 11.0 Å². The van der Waals surface area contributed by atoms with Gasteiger partial charge < -0.3 is 15.0 Å². The van der Waals surface area contributed by atoms with Crippen molar-refractivity contribution in [2.24, 2.45) is 5.92 Å². The topological polar surface area (TPSA) is 70.1 Å². The summed E-state index contributed by atoms with van der Waals surface area (Å²) in [4.78, 5) is 16.8. The second-order valence-corrected chi connectivity index (χ2v) is 6.45. The first kappa shape index (κ1) is 14.9. The molecule has 2 aromatic rings. The number of carbonyl (C=O) groups excluding carboxylic acids is 1. The zero-order valence-electron chi connectivity index (χ0n) is 13.2. The van der Waals surface area contributed by atoms with Crippen molar-refractivity contribution in [2.75, 3.05) is 12.3 Å². The van der Waals surface area contributed by atoms with Crippen LogP contribution in [0.3, 0.4) is 0 Å². The maximum absolute atomic E-state index is 12.1. The van der Waals surface area contributed by atoms with E-state index < -0.39 is 0 Å². The number of aromatic nitrogens is 2. The van der Waals surface area contributed by atoms with Crippen molar-refractivity contribution in [2.45, 2.75) is 45.6 Å². The highest BCUT2D eigenvalue weighted by molar-refractivity contribution is 5.88. The van der Waals surface area contributed by atoms with Crippen molar-refractivity contribution in [3.05, 3.63) is 24.0 Å². The van der Waals surface area contributed by atoms with Crippen molar-refractivity contribution >= 4 is 22.7 Å². The van der Waals surface area contributed by atoms with Crippen LogP contribution >= 0.6 is 0 Å². The van der Waals surface area contributed by atoms with Gasteiger partial charge in [-0.25, -0.2) is 4.98 Å².